The molecule has 4 nitrogen and oxygen atoms in total. The molecule has 0 fully saturated rings. The van der Waals surface area contributed by atoms with Crippen LogP contribution in [0.4, 0.5) is 0 Å². The van der Waals surface area contributed by atoms with Crippen LogP contribution in [-0.2, 0) is 4.74 Å². The van der Waals surface area contributed by atoms with Gasteiger partial charge in [-0.1, -0.05) is 6.08 Å². The fourth-order valence-corrected chi connectivity index (χ4v) is 1.77. The molecule has 0 aliphatic carbocycles. The van der Waals surface area contributed by atoms with Crippen molar-refractivity contribution in [3.8, 4) is 0 Å². The van der Waals surface area contributed by atoms with Crippen LogP contribution in [0.25, 0.3) is 0 Å². The number of nitrogens with one attached hydrogen (secondary N) is 1. The lowest BCUT2D eigenvalue weighted by Crippen LogP contribution is -2.39. The van der Waals surface area contributed by atoms with Crippen molar-refractivity contribution in [2.45, 2.75) is 39.0 Å². The first-order valence-electron chi connectivity index (χ1n) is 7.35. The number of rotatable bonds is 11. The predicted molar refractivity (Wildman–Crippen MR) is 99.2 cm³/mol. The number of hydrogen-bond acceptors (Lipinski definition) is 2. The third kappa shape index (κ3) is 12.7. The molecule has 0 atom stereocenters. The molecule has 0 radical (unpaired) electrons. The molecule has 5 heteroatoms. The van der Waals surface area contributed by atoms with Crippen LogP contribution in [0.2, 0.25) is 0 Å². The van der Waals surface area contributed by atoms with Gasteiger partial charge >= 0.3 is 0 Å². The van der Waals surface area contributed by atoms with E-state index in [9.17, 15) is 0 Å². The summed E-state index contributed by atoms with van der Waals surface area (Å²) in [6, 6.07) is 0. The smallest absolute Gasteiger partial charge is 0.193 e. The van der Waals surface area contributed by atoms with Crippen LogP contribution < -0.4 is 5.32 Å². The first kappa shape index (κ1) is 22.0. The third-order valence-electron chi connectivity index (χ3n) is 2.87. The summed E-state index contributed by atoms with van der Waals surface area (Å²) in [6.45, 7) is 9.52. The molecule has 0 rings (SSSR count). The fourth-order valence-electron chi connectivity index (χ4n) is 1.77. The topological polar surface area (TPSA) is 36.9 Å². The van der Waals surface area contributed by atoms with Crippen LogP contribution >= 0.6 is 24.0 Å². The van der Waals surface area contributed by atoms with Crippen LogP contribution in [0, 0.1) is 0 Å². The standard InChI is InChI=1S/C15H31N3O.HI/c1-5-7-10-13-18(3)15(16-6-2)17-12-9-8-11-14-19-4;/h5H,1,6-14H2,2-4H3,(H,16,17);1H. The Labute approximate surface area is 142 Å². The predicted octanol–water partition coefficient (Wildman–Crippen LogP) is 3.28. The lowest BCUT2D eigenvalue weighted by Gasteiger charge is -2.21. The summed E-state index contributed by atoms with van der Waals surface area (Å²) in [7, 11) is 3.84. The van der Waals surface area contributed by atoms with Crippen molar-refractivity contribution in [3.05, 3.63) is 12.7 Å². The molecule has 0 aliphatic heterocycles. The molecule has 0 aromatic heterocycles. The molecule has 20 heavy (non-hydrogen) atoms. The molecule has 0 aromatic carbocycles. The highest BCUT2D eigenvalue weighted by molar-refractivity contribution is 14.0. The second-order valence-electron chi connectivity index (χ2n) is 4.64. The Morgan fingerprint density at radius 1 is 1.30 bits per heavy atom. The van der Waals surface area contributed by atoms with Crippen LogP contribution in [0.3, 0.4) is 0 Å². The number of halogens is 1. The fraction of sp³-hybridized carbons (Fsp3) is 0.800. The zero-order valence-electron chi connectivity index (χ0n) is 13.4. The maximum atomic E-state index is 5.04. The Bertz CT molecular complexity index is 247. The van der Waals surface area contributed by atoms with Gasteiger partial charge in [-0.25, -0.2) is 0 Å². The monoisotopic (exact) mass is 397 g/mol. The number of methoxy groups -OCH3 is 1. The molecule has 0 bridgehead atoms. The summed E-state index contributed by atoms with van der Waals surface area (Å²) in [4.78, 5) is 6.85. The second-order valence-corrected chi connectivity index (χ2v) is 4.64. The molecule has 0 saturated carbocycles. The number of ether oxygens (including phenoxy) is 1. The van der Waals surface area contributed by atoms with E-state index in [2.05, 4.69) is 35.8 Å². The zero-order valence-corrected chi connectivity index (χ0v) is 15.7. The molecule has 120 valence electrons. The summed E-state index contributed by atoms with van der Waals surface area (Å²) >= 11 is 0. The summed E-state index contributed by atoms with van der Waals surface area (Å²) in [5.41, 5.74) is 0. The van der Waals surface area contributed by atoms with E-state index in [-0.39, 0.29) is 24.0 Å². The van der Waals surface area contributed by atoms with Crippen molar-refractivity contribution in [2.24, 2.45) is 4.99 Å². The first-order valence-corrected chi connectivity index (χ1v) is 7.35. The summed E-state index contributed by atoms with van der Waals surface area (Å²) in [5.74, 6) is 1.01. The van der Waals surface area contributed by atoms with Crippen LogP contribution in [0.1, 0.15) is 39.0 Å². The van der Waals surface area contributed by atoms with Gasteiger partial charge in [0.1, 0.15) is 0 Å². The number of unbranched alkanes of at least 4 members (excludes halogenated alkanes) is 3. The molecule has 0 saturated heterocycles. The largest absolute Gasteiger partial charge is 0.385 e. The maximum absolute atomic E-state index is 5.04. The Balaban J connectivity index is 0. The molecule has 0 aromatic rings. The van der Waals surface area contributed by atoms with Gasteiger partial charge in [0.25, 0.3) is 0 Å². The molecule has 1 N–H and O–H groups in total. The van der Waals surface area contributed by atoms with Gasteiger partial charge in [-0.2, -0.15) is 0 Å². The van der Waals surface area contributed by atoms with E-state index in [0.717, 1.165) is 57.9 Å². The zero-order chi connectivity index (χ0) is 14.3. The van der Waals surface area contributed by atoms with Crippen molar-refractivity contribution in [2.75, 3.05) is 40.4 Å². The number of aliphatic imine (C=N–C) groups is 1. The van der Waals surface area contributed by atoms with E-state index in [4.69, 9.17) is 4.74 Å². The minimum absolute atomic E-state index is 0. The molecule has 0 amide bonds. The maximum Gasteiger partial charge on any atom is 0.193 e. The Morgan fingerprint density at radius 2 is 2.05 bits per heavy atom. The van der Waals surface area contributed by atoms with Gasteiger partial charge in [-0.15, -0.1) is 30.6 Å². The van der Waals surface area contributed by atoms with Crippen molar-refractivity contribution < 1.29 is 4.74 Å². The highest BCUT2D eigenvalue weighted by atomic mass is 127. The summed E-state index contributed by atoms with van der Waals surface area (Å²) < 4.78 is 5.04. The average molecular weight is 397 g/mol. The van der Waals surface area contributed by atoms with Crippen molar-refractivity contribution >= 4 is 29.9 Å². The molecule has 0 spiro atoms. The lowest BCUT2D eigenvalue weighted by molar-refractivity contribution is 0.192. The van der Waals surface area contributed by atoms with E-state index in [1.165, 1.54) is 6.42 Å². The first-order chi connectivity index (χ1) is 9.26. The average Bonchev–Trinajstić information content (AvgIpc) is 2.41. The van der Waals surface area contributed by atoms with E-state index < -0.39 is 0 Å². The van der Waals surface area contributed by atoms with Gasteiger partial charge in [0.15, 0.2) is 5.96 Å². The molecule has 0 unspecified atom stereocenters. The lowest BCUT2D eigenvalue weighted by atomic mass is 10.2. The molecule has 0 heterocycles. The second kappa shape index (κ2) is 16.8. The number of allylic oxidation sites excluding steroid dienone is 1. The number of guanidine groups is 1. The van der Waals surface area contributed by atoms with E-state index in [0.29, 0.717) is 0 Å². The van der Waals surface area contributed by atoms with Crippen LogP contribution in [0.5, 0.6) is 0 Å². The van der Waals surface area contributed by atoms with E-state index >= 15 is 0 Å². The SMILES string of the molecule is C=CCCCN(C)C(=NCCCCCOC)NCC.I. The highest BCUT2D eigenvalue weighted by Gasteiger charge is 2.03. The molecular formula is C15H32IN3O. The molecular weight excluding hydrogens is 365 g/mol. The quantitative estimate of drug-likeness (QED) is 0.191. The van der Waals surface area contributed by atoms with Crippen LogP contribution in [-0.4, -0.2) is 51.3 Å². The van der Waals surface area contributed by atoms with Gasteiger partial charge < -0.3 is 15.0 Å². The van der Waals surface area contributed by atoms with Gasteiger partial charge in [-0.05, 0) is 39.0 Å². The van der Waals surface area contributed by atoms with Crippen molar-refractivity contribution in [1.82, 2.24) is 10.2 Å². The van der Waals surface area contributed by atoms with Crippen LogP contribution in [0.15, 0.2) is 17.6 Å². The number of nitrogens with zero attached hydrogens (tertiary/aromatic N) is 2. The highest BCUT2D eigenvalue weighted by Crippen LogP contribution is 1.98. The molecule has 0 aliphatic rings. The normalized spacial score (nSPS) is 10.8. The Morgan fingerprint density at radius 3 is 2.65 bits per heavy atom. The summed E-state index contributed by atoms with van der Waals surface area (Å²) in [5, 5.41) is 3.34. The van der Waals surface area contributed by atoms with Gasteiger partial charge in [0.2, 0.25) is 0 Å². The Kier molecular flexibility index (Phi) is 18.4. The van der Waals surface area contributed by atoms with Crippen molar-refractivity contribution in [3.63, 3.8) is 0 Å². The number of hydrogen-bond donors (Lipinski definition) is 1. The summed E-state index contributed by atoms with van der Waals surface area (Å²) in [6.07, 6.45) is 7.57. The van der Waals surface area contributed by atoms with Gasteiger partial charge in [-0.3, -0.25) is 4.99 Å². The minimum Gasteiger partial charge on any atom is -0.385 e. The van der Waals surface area contributed by atoms with Gasteiger partial charge in [0, 0.05) is 40.4 Å². The van der Waals surface area contributed by atoms with Crippen molar-refractivity contribution in [1.29, 1.82) is 0 Å². The Hall–Kier alpha value is -0.300. The van der Waals surface area contributed by atoms with E-state index in [1.807, 2.05) is 6.08 Å². The van der Waals surface area contributed by atoms with Gasteiger partial charge in [0.05, 0.1) is 0 Å². The minimum atomic E-state index is 0. The third-order valence-corrected chi connectivity index (χ3v) is 2.87. The van der Waals surface area contributed by atoms with E-state index in [1.54, 1.807) is 7.11 Å².